The highest BCUT2D eigenvalue weighted by atomic mass is 79.9. The molecular formula is C13H18BrNO4S. The van der Waals surface area contributed by atoms with Gasteiger partial charge >= 0.3 is 5.97 Å². The van der Waals surface area contributed by atoms with Crippen LogP contribution in [0.25, 0.3) is 0 Å². The Morgan fingerprint density at radius 2 is 1.90 bits per heavy atom. The summed E-state index contributed by atoms with van der Waals surface area (Å²) in [6.07, 6.45) is 1.44. The Hall–Kier alpha value is -0.920. The molecule has 0 bridgehead atoms. The number of carboxylic acid groups (broad SMARTS) is 1. The molecule has 0 saturated carbocycles. The Bertz CT molecular complexity index is 556. The van der Waals surface area contributed by atoms with Crippen molar-refractivity contribution in [3.8, 4) is 0 Å². The van der Waals surface area contributed by atoms with Gasteiger partial charge in [-0.25, -0.2) is 8.42 Å². The summed E-state index contributed by atoms with van der Waals surface area (Å²) in [6, 6.07) is 4.93. The van der Waals surface area contributed by atoms with Crippen LogP contribution < -0.4 is 4.72 Å². The Morgan fingerprint density at radius 1 is 1.35 bits per heavy atom. The molecule has 20 heavy (non-hydrogen) atoms. The van der Waals surface area contributed by atoms with Crippen LogP contribution in [0.4, 0.5) is 0 Å². The lowest BCUT2D eigenvalue weighted by Crippen LogP contribution is -2.45. The predicted octanol–water partition coefficient (Wildman–Crippen LogP) is 2.62. The number of rotatable bonds is 7. The van der Waals surface area contributed by atoms with Gasteiger partial charge in [0, 0.05) is 4.47 Å². The van der Waals surface area contributed by atoms with Crippen LogP contribution in [0.3, 0.4) is 0 Å². The lowest BCUT2D eigenvalue weighted by atomic mass is 9.98. The number of hydrogen-bond donors (Lipinski definition) is 2. The smallest absolute Gasteiger partial charge is 0.322 e. The van der Waals surface area contributed by atoms with Gasteiger partial charge in [-0.1, -0.05) is 36.2 Å². The number of carbonyl (C=O) groups is 1. The van der Waals surface area contributed by atoms with Crippen LogP contribution in [0, 0.1) is 5.92 Å². The highest BCUT2D eigenvalue weighted by Crippen LogP contribution is 2.17. The van der Waals surface area contributed by atoms with Crippen molar-refractivity contribution in [3.05, 3.63) is 28.7 Å². The van der Waals surface area contributed by atoms with Gasteiger partial charge in [-0.3, -0.25) is 4.79 Å². The number of hydrogen-bond acceptors (Lipinski definition) is 3. The largest absolute Gasteiger partial charge is 0.480 e. The number of nitrogens with one attached hydrogen (secondary N) is 1. The fourth-order valence-corrected chi connectivity index (χ4v) is 3.44. The Morgan fingerprint density at radius 3 is 2.35 bits per heavy atom. The highest BCUT2D eigenvalue weighted by molar-refractivity contribution is 9.10. The molecule has 0 saturated heterocycles. The van der Waals surface area contributed by atoms with Gasteiger partial charge in [-0.05, 0) is 36.6 Å². The summed E-state index contributed by atoms with van der Waals surface area (Å²) < 4.78 is 27.4. The van der Waals surface area contributed by atoms with Crippen molar-refractivity contribution in [2.45, 2.75) is 37.6 Å². The predicted molar refractivity (Wildman–Crippen MR) is 80.0 cm³/mol. The maximum Gasteiger partial charge on any atom is 0.322 e. The van der Waals surface area contributed by atoms with Gasteiger partial charge in [0.2, 0.25) is 10.0 Å². The zero-order valence-electron chi connectivity index (χ0n) is 11.3. The Kier molecular flexibility index (Phi) is 6.16. The molecule has 0 aliphatic carbocycles. The topological polar surface area (TPSA) is 83.5 Å². The van der Waals surface area contributed by atoms with E-state index in [4.69, 9.17) is 0 Å². The van der Waals surface area contributed by atoms with Crippen LogP contribution in [-0.2, 0) is 14.8 Å². The molecule has 1 aromatic rings. The van der Waals surface area contributed by atoms with Crippen LogP contribution in [0.2, 0.25) is 0 Å². The van der Waals surface area contributed by atoms with Crippen molar-refractivity contribution in [2.24, 2.45) is 5.92 Å². The molecule has 0 heterocycles. The normalized spacial score (nSPS) is 14.8. The molecular weight excluding hydrogens is 346 g/mol. The summed E-state index contributed by atoms with van der Waals surface area (Å²) >= 11 is 3.22. The first-order valence-corrected chi connectivity index (χ1v) is 8.56. The fourth-order valence-electron chi connectivity index (χ4n) is 1.88. The first-order valence-electron chi connectivity index (χ1n) is 6.28. The average Bonchev–Trinajstić information content (AvgIpc) is 2.36. The Balaban J connectivity index is 2.97. The second-order valence-corrected chi connectivity index (χ2v) is 7.29. The van der Waals surface area contributed by atoms with Gasteiger partial charge in [0.15, 0.2) is 0 Å². The first-order chi connectivity index (χ1) is 9.27. The molecule has 0 aromatic heterocycles. The third-order valence-electron chi connectivity index (χ3n) is 2.99. The molecule has 1 aromatic carbocycles. The third-order valence-corrected chi connectivity index (χ3v) is 4.97. The third kappa shape index (κ3) is 4.57. The van der Waals surface area contributed by atoms with Gasteiger partial charge in [0.25, 0.3) is 0 Å². The molecule has 0 aliphatic rings. The summed E-state index contributed by atoms with van der Waals surface area (Å²) in [6.45, 7) is 3.66. The van der Waals surface area contributed by atoms with Crippen molar-refractivity contribution in [2.75, 3.05) is 0 Å². The fraction of sp³-hybridized carbons (Fsp3) is 0.462. The lowest BCUT2D eigenvalue weighted by Gasteiger charge is -2.20. The standard InChI is InChI=1S/C13H18BrNO4S/c1-3-4-9(2)12(13(16)17)15-20(18,19)11-7-5-10(14)6-8-11/h5-9,12,15H,3-4H2,1-2H3,(H,16,17). The van der Waals surface area contributed by atoms with E-state index in [0.29, 0.717) is 6.42 Å². The van der Waals surface area contributed by atoms with Crippen LogP contribution >= 0.6 is 15.9 Å². The Labute approximate surface area is 127 Å². The highest BCUT2D eigenvalue weighted by Gasteiger charge is 2.29. The zero-order chi connectivity index (χ0) is 15.3. The lowest BCUT2D eigenvalue weighted by molar-refractivity contribution is -0.140. The number of aliphatic carboxylic acids is 1. The van der Waals surface area contributed by atoms with Crippen LogP contribution in [0.1, 0.15) is 26.7 Å². The molecule has 2 atom stereocenters. The number of halogens is 1. The molecule has 0 aliphatic heterocycles. The monoisotopic (exact) mass is 363 g/mol. The molecule has 1 rings (SSSR count). The van der Waals surface area contributed by atoms with Gasteiger partial charge in [-0.2, -0.15) is 4.72 Å². The molecule has 0 spiro atoms. The van der Waals surface area contributed by atoms with E-state index in [1.165, 1.54) is 12.1 Å². The number of benzene rings is 1. The molecule has 112 valence electrons. The quantitative estimate of drug-likeness (QED) is 0.779. The van der Waals surface area contributed by atoms with Crippen molar-refractivity contribution >= 4 is 31.9 Å². The minimum absolute atomic E-state index is 0.0515. The van der Waals surface area contributed by atoms with Gasteiger partial charge in [0.1, 0.15) is 6.04 Å². The second-order valence-electron chi connectivity index (χ2n) is 4.66. The molecule has 0 radical (unpaired) electrons. The molecule has 0 amide bonds. The van der Waals surface area contributed by atoms with E-state index in [-0.39, 0.29) is 10.8 Å². The van der Waals surface area contributed by atoms with E-state index < -0.39 is 22.0 Å². The maximum absolute atomic E-state index is 12.2. The molecule has 5 nitrogen and oxygen atoms in total. The zero-order valence-corrected chi connectivity index (χ0v) is 13.7. The van der Waals surface area contributed by atoms with E-state index in [1.54, 1.807) is 19.1 Å². The van der Waals surface area contributed by atoms with E-state index >= 15 is 0 Å². The van der Waals surface area contributed by atoms with Gasteiger partial charge in [-0.15, -0.1) is 0 Å². The minimum Gasteiger partial charge on any atom is -0.480 e. The number of sulfonamides is 1. The van der Waals surface area contributed by atoms with Gasteiger partial charge < -0.3 is 5.11 Å². The molecule has 7 heteroatoms. The summed E-state index contributed by atoms with van der Waals surface area (Å²) in [5.74, 6) is -1.44. The van der Waals surface area contributed by atoms with E-state index in [0.717, 1.165) is 10.9 Å². The van der Waals surface area contributed by atoms with Crippen LogP contribution in [0.5, 0.6) is 0 Å². The SMILES string of the molecule is CCCC(C)C(NS(=O)(=O)c1ccc(Br)cc1)C(=O)O. The summed E-state index contributed by atoms with van der Waals surface area (Å²) in [4.78, 5) is 11.3. The number of carboxylic acids is 1. The summed E-state index contributed by atoms with van der Waals surface area (Å²) in [5.41, 5.74) is 0. The van der Waals surface area contributed by atoms with Crippen molar-refractivity contribution in [1.82, 2.24) is 4.72 Å². The summed E-state index contributed by atoms with van der Waals surface area (Å²) in [7, 11) is -3.84. The molecule has 0 fully saturated rings. The summed E-state index contributed by atoms with van der Waals surface area (Å²) in [5, 5.41) is 9.19. The average molecular weight is 364 g/mol. The van der Waals surface area contributed by atoms with Gasteiger partial charge in [0.05, 0.1) is 4.90 Å². The second kappa shape index (κ2) is 7.19. The maximum atomic E-state index is 12.2. The van der Waals surface area contributed by atoms with E-state index in [1.807, 2.05) is 6.92 Å². The van der Waals surface area contributed by atoms with Crippen molar-refractivity contribution in [3.63, 3.8) is 0 Å². The van der Waals surface area contributed by atoms with E-state index in [2.05, 4.69) is 20.7 Å². The van der Waals surface area contributed by atoms with Crippen LogP contribution in [0.15, 0.2) is 33.6 Å². The van der Waals surface area contributed by atoms with Crippen LogP contribution in [-0.4, -0.2) is 25.5 Å². The minimum atomic E-state index is -3.84. The van der Waals surface area contributed by atoms with E-state index in [9.17, 15) is 18.3 Å². The molecule has 2 unspecified atom stereocenters. The molecule has 2 N–H and O–H groups in total. The van der Waals surface area contributed by atoms with Crippen molar-refractivity contribution in [1.29, 1.82) is 0 Å². The first kappa shape index (κ1) is 17.1. The van der Waals surface area contributed by atoms with Crippen molar-refractivity contribution < 1.29 is 18.3 Å².